The molecule has 0 radical (unpaired) electrons. The lowest BCUT2D eigenvalue weighted by atomic mass is 9.79. The van der Waals surface area contributed by atoms with Crippen LogP contribution in [0.3, 0.4) is 0 Å². The summed E-state index contributed by atoms with van der Waals surface area (Å²) in [5.74, 6) is -0.892. The summed E-state index contributed by atoms with van der Waals surface area (Å²) in [6.45, 7) is 3.88. The maximum absolute atomic E-state index is 10.8. The van der Waals surface area contributed by atoms with Gasteiger partial charge in [0.1, 0.15) is 4.88 Å². The molecule has 5 heteroatoms. The van der Waals surface area contributed by atoms with Gasteiger partial charge in [0.05, 0.1) is 5.69 Å². The predicted octanol–water partition coefficient (Wildman–Crippen LogP) is 2.50. The van der Waals surface area contributed by atoms with E-state index in [4.69, 9.17) is 5.11 Å². The van der Waals surface area contributed by atoms with Gasteiger partial charge in [-0.15, -0.1) is 0 Å². The van der Waals surface area contributed by atoms with Crippen LogP contribution in [0.4, 0.5) is 5.13 Å². The highest BCUT2D eigenvalue weighted by Crippen LogP contribution is 2.36. The molecule has 1 fully saturated rings. The van der Waals surface area contributed by atoms with Gasteiger partial charge >= 0.3 is 5.97 Å². The Kier molecular flexibility index (Phi) is 2.42. The van der Waals surface area contributed by atoms with Crippen molar-refractivity contribution in [3.8, 4) is 0 Å². The van der Waals surface area contributed by atoms with Gasteiger partial charge in [0.25, 0.3) is 0 Å². The van der Waals surface area contributed by atoms with Crippen LogP contribution in [0.5, 0.6) is 0 Å². The van der Waals surface area contributed by atoms with Gasteiger partial charge in [-0.25, -0.2) is 9.78 Å². The lowest BCUT2D eigenvalue weighted by molar-refractivity contribution is 0.0701. The largest absolute Gasteiger partial charge is 0.477 e. The summed E-state index contributed by atoms with van der Waals surface area (Å²) in [5, 5.41) is 12.9. The summed E-state index contributed by atoms with van der Waals surface area (Å²) >= 11 is 1.22. The van der Waals surface area contributed by atoms with E-state index < -0.39 is 5.97 Å². The fourth-order valence-corrected chi connectivity index (χ4v) is 2.69. The molecular formula is C10H14N2O2S. The Morgan fingerprint density at radius 2 is 2.27 bits per heavy atom. The van der Waals surface area contributed by atoms with Crippen molar-refractivity contribution >= 4 is 22.4 Å². The maximum atomic E-state index is 10.8. The van der Waals surface area contributed by atoms with Crippen molar-refractivity contribution in [1.82, 2.24) is 4.98 Å². The first-order valence-electron chi connectivity index (χ1n) is 4.99. The van der Waals surface area contributed by atoms with Crippen molar-refractivity contribution in [3.63, 3.8) is 0 Å². The normalized spacial score (nSPS) is 18.3. The van der Waals surface area contributed by atoms with Crippen molar-refractivity contribution in [1.29, 1.82) is 0 Å². The van der Waals surface area contributed by atoms with Crippen LogP contribution >= 0.6 is 11.3 Å². The van der Waals surface area contributed by atoms with E-state index in [9.17, 15) is 4.79 Å². The Labute approximate surface area is 92.3 Å². The van der Waals surface area contributed by atoms with Gasteiger partial charge in [-0.3, -0.25) is 0 Å². The number of carboxylic acid groups (broad SMARTS) is 1. The molecule has 0 aliphatic heterocycles. The van der Waals surface area contributed by atoms with Crippen LogP contribution in [0.1, 0.15) is 41.6 Å². The topological polar surface area (TPSA) is 62.2 Å². The third-order valence-electron chi connectivity index (χ3n) is 2.86. The third kappa shape index (κ3) is 1.97. The monoisotopic (exact) mass is 226 g/mol. The molecule has 1 aliphatic rings. The van der Waals surface area contributed by atoms with Crippen LogP contribution in [0, 0.1) is 6.92 Å². The van der Waals surface area contributed by atoms with Crippen LogP contribution in [-0.2, 0) is 0 Å². The van der Waals surface area contributed by atoms with Gasteiger partial charge in [-0.05, 0) is 33.1 Å². The Morgan fingerprint density at radius 3 is 2.67 bits per heavy atom. The fraction of sp³-hybridized carbons (Fsp3) is 0.600. The minimum atomic E-state index is -0.892. The summed E-state index contributed by atoms with van der Waals surface area (Å²) in [4.78, 5) is 15.4. The Bertz CT molecular complexity index is 396. The molecule has 2 N–H and O–H groups in total. The molecule has 0 amide bonds. The van der Waals surface area contributed by atoms with Crippen LogP contribution < -0.4 is 5.32 Å². The molecule has 1 heterocycles. The number of rotatable bonds is 3. The zero-order valence-electron chi connectivity index (χ0n) is 8.83. The summed E-state index contributed by atoms with van der Waals surface area (Å²) in [6.07, 6.45) is 3.50. The molecule has 0 aromatic carbocycles. The minimum Gasteiger partial charge on any atom is -0.477 e. The number of hydrogen-bond acceptors (Lipinski definition) is 4. The standard InChI is InChI=1S/C10H14N2O2S/c1-6-7(8(13)14)15-9(11-6)12-10(2)4-3-5-10/h3-5H2,1-2H3,(H,11,12)(H,13,14). The smallest absolute Gasteiger partial charge is 0.347 e. The first-order valence-corrected chi connectivity index (χ1v) is 5.81. The molecular weight excluding hydrogens is 212 g/mol. The number of aromatic nitrogens is 1. The van der Waals surface area contributed by atoms with Crippen LogP contribution in [0.2, 0.25) is 0 Å². The number of carboxylic acids is 1. The van der Waals surface area contributed by atoms with Gasteiger partial charge in [-0.2, -0.15) is 0 Å². The first-order chi connectivity index (χ1) is 7.00. The molecule has 1 aromatic heterocycles. The van der Waals surface area contributed by atoms with Crippen molar-refractivity contribution in [2.24, 2.45) is 0 Å². The quantitative estimate of drug-likeness (QED) is 0.831. The molecule has 0 atom stereocenters. The van der Waals surface area contributed by atoms with E-state index in [1.165, 1.54) is 17.8 Å². The van der Waals surface area contributed by atoms with Gasteiger partial charge in [0, 0.05) is 5.54 Å². The number of thiazole rings is 1. The summed E-state index contributed by atoms with van der Waals surface area (Å²) < 4.78 is 0. The van der Waals surface area contributed by atoms with Crippen molar-refractivity contribution in [3.05, 3.63) is 10.6 Å². The number of nitrogens with zero attached hydrogens (tertiary/aromatic N) is 1. The number of anilines is 1. The van der Waals surface area contributed by atoms with Gasteiger partial charge < -0.3 is 10.4 Å². The van der Waals surface area contributed by atoms with Crippen molar-refractivity contribution in [2.45, 2.75) is 38.6 Å². The maximum Gasteiger partial charge on any atom is 0.347 e. The molecule has 0 saturated heterocycles. The highest BCUT2D eigenvalue weighted by molar-refractivity contribution is 7.17. The molecule has 0 bridgehead atoms. The number of aromatic carboxylic acids is 1. The molecule has 82 valence electrons. The zero-order chi connectivity index (χ0) is 11.1. The Hall–Kier alpha value is -1.10. The second-order valence-electron chi connectivity index (χ2n) is 4.28. The van der Waals surface area contributed by atoms with E-state index >= 15 is 0 Å². The summed E-state index contributed by atoms with van der Waals surface area (Å²) in [7, 11) is 0. The van der Waals surface area contributed by atoms with E-state index in [2.05, 4.69) is 17.2 Å². The lowest BCUT2D eigenvalue weighted by Gasteiger charge is -2.39. The Balaban J connectivity index is 2.16. The molecule has 1 aliphatic carbocycles. The average molecular weight is 226 g/mol. The van der Waals surface area contributed by atoms with Gasteiger partial charge in [0.15, 0.2) is 5.13 Å². The molecule has 1 saturated carbocycles. The third-order valence-corrected chi connectivity index (χ3v) is 3.92. The molecule has 0 unspecified atom stereocenters. The second kappa shape index (κ2) is 3.48. The zero-order valence-corrected chi connectivity index (χ0v) is 9.65. The van der Waals surface area contributed by atoms with E-state index in [0.29, 0.717) is 10.6 Å². The summed E-state index contributed by atoms with van der Waals surface area (Å²) in [5.41, 5.74) is 0.720. The van der Waals surface area contributed by atoms with Crippen LogP contribution in [0.25, 0.3) is 0 Å². The molecule has 15 heavy (non-hydrogen) atoms. The van der Waals surface area contributed by atoms with Crippen molar-refractivity contribution in [2.75, 3.05) is 5.32 Å². The molecule has 4 nitrogen and oxygen atoms in total. The number of carbonyl (C=O) groups is 1. The van der Waals surface area contributed by atoms with Crippen LogP contribution in [-0.4, -0.2) is 21.6 Å². The SMILES string of the molecule is Cc1nc(NC2(C)CCC2)sc1C(=O)O. The van der Waals surface area contributed by atoms with Crippen molar-refractivity contribution < 1.29 is 9.90 Å². The second-order valence-corrected chi connectivity index (χ2v) is 5.28. The van der Waals surface area contributed by atoms with E-state index in [0.717, 1.165) is 18.0 Å². The number of aryl methyl sites for hydroxylation is 1. The lowest BCUT2D eigenvalue weighted by Crippen LogP contribution is -2.41. The first kappa shape index (κ1) is 10.4. The Morgan fingerprint density at radius 1 is 1.60 bits per heavy atom. The molecule has 2 rings (SSSR count). The predicted molar refractivity (Wildman–Crippen MR) is 59.7 cm³/mol. The average Bonchev–Trinajstić information content (AvgIpc) is 2.44. The summed E-state index contributed by atoms with van der Waals surface area (Å²) in [6, 6.07) is 0. The number of hydrogen-bond donors (Lipinski definition) is 2. The van der Waals surface area contributed by atoms with E-state index in [1.807, 2.05) is 0 Å². The fourth-order valence-electron chi connectivity index (χ4n) is 1.74. The van der Waals surface area contributed by atoms with Gasteiger partial charge in [-0.1, -0.05) is 11.3 Å². The highest BCUT2D eigenvalue weighted by atomic mass is 32.1. The van der Waals surface area contributed by atoms with Crippen LogP contribution in [0.15, 0.2) is 0 Å². The molecule has 1 aromatic rings. The highest BCUT2D eigenvalue weighted by Gasteiger charge is 2.32. The minimum absolute atomic E-state index is 0.125. The molecule has 0 spiro atoms. The van der Waals surface area contributed by atoms with Gasteiger partial charge in [0.2, 0.25) is 0 Å². The van der Waals surface area contributed by atoms with E-state index in [-0.39, 0.29) is 5.54 Å². The number of nitrogens with one attached hydrogen (secondary N) is 1. The van der Waals surface area contributed by atoms with E-state index in [1.54, 1.807) is 6.92 Å².